The van der Waals surface area contributed by atoms with Crippen LogP contribution in [0.1, 0.15) is 36.6 Å². The second-order valence-corrected chi connectivity index (χ2v) is 8.39. The third-order valence-corrected chi connectivity index (χ3v) is 6.65. The molecule has 2 aliphatic rings. The lowest BCUT2D eigenvalue weighted by Crippen LogP contribution is -2.36. The van der Waals surface area contributed by atoms with Gasteiger partial charge in [0.15, 0.2) is 0 Å². The lowest BCUT2D eigenvalue weighted by Gasteiger charge is -2.31. The van der Waals surface area contributed by atoms with Crippen molar-refractivity contribution in [1.82, 2.24) is 15.0 Å². The van der Waals surface area contributed by atoms with Crippen molar-refractivity contribution >= 4 is 27.9 Å². The summed E-state index contributed by atoms with van der Waals surface area (Å²) in [6.45, 7) is 3.32. The number of ether oxygens (including phenoxy) is 2. The minimum Gasteiger partial charge on any atom is -0.490 e. The number of hydrogen-bond donors (Lipinski definition) is 0. The molecule has 2 fully saturated rings. The van der Waals surface area contributed by atoms with Crippen molar-refractivity contribution in [2.75, 3.05) is 31.2 Å². The van der Waals surface area contributed by atoms with Crippen LogP contribution in [-0.4, -0.2) is 47.4 Å². The first-order valence-corrected chi connectivity index (χ1v) is 10.9. The summed E-state index contributed by atoms with van der Waals surface area (Å²) < 4.78 is 12.0. The molecule has 0 radical (unpaired) electrons. The van der Waals surface area contributed by atoms with E-state index in [2.05, 4.69) is 37.4 Å². The molecule has 5 rings (SSSR count). The Morgan fingerprint density at radius 1 is 1.07 bits per heavy atom. The van der Waals surface area contributed by atoms with Crippen LogP contribution in [0, 0.1) is 0 Å². The van der Waals surface area contributed by atoms with E-state index in [1.54, 1.807) is 17.7 Å². The van der Waals surface area contributed by atoms with E-state index in [1.165, 1.54) is 5.01 Å². The lowest BCUT2D eigenvalue weighted by molar-refractivity contribution is 0.122. The minimum atomic E-state index is 0.236. The lowest BCUT2D eigenvalue weighted by atomic mass is 9.88. The first-order valence-electron chi connectivity index (χ1n) is 9.99. The zero-order valence-corrected chi connectivity index (χ0v) is 16.6. The number of fused-ring (bicyclic) bond motifs is 1. The van der Waals surface area contributed by atoms with E-state index < -0.39 is 0 Å². The molecule has 146 valence electrons. The maximum atomic E-state index is 6.51. The van der Waals surface area contributed by atoms with Gasteiger partial charge in [0.2, 0.25) is 0 Å². The first kappa shape index (κ1) is 17.8. The molecular formula is C21H24N4O2S. The molecule has 1 aliphatic heterocycles. The Morgan fingerprint density at radius 2 is 1.93 bits per heavy atom. The summed E-state index contributed by atoms with van der Waals surface area (Å²) in [4.78, 5) is 15.5. The molecule has 0 N–H and O–H groups in total. The molecule has 1 saturated heterocycles. The van der Waals surface area contributed by atoms with E-state index in [9.17, 15) is 0 Å². The molecule has 3 aromatic rings. The largest absolute Gasteiger partial charge is 0.490 e. The van der Waals surface area contributed by atoms with Crippen LogP contribution in [0.15, 0.2) is 36.2 Å². The number of morpholine rings is 1. The van der Waals surface area contributed by atoms with Gasteiger partial charge in [0.1, 0.15) is 12.1 Å². The van der Waals surface area contributed by atoms with Gasteiger partial charge in [0.05, 0.1) is 35.2 Å². The highest BCUT2D eigenvalue weighted by Crippen LogP contribution is 2.37. The maximum Gasteiger partial charge on any atom is 0.132 e. The molecule has 28 heavy (non-hydrogen) atoms. The van der Waals surface area contributed by atoms with Gasteiger partial charge >= 0.3 is 0 Å². The van der Waals surface area contributed by atoms with Crippen LogP contribution in [0.2, 0.25) is 0 Å². The monoisotopic (exact) mass is 396 g/mol. The predicted octanol–water partition coefficient (Wildman–Crippen LogP) is 4.03. The zero-order chi connectivity index (χ0) is 18.8. The topological polar surface area (TPSA) is 60.4 Å². The maximum absolute atomic E-state index is 6.51. The van der Waals surface area contributed by atoms with Gasteiger partial charge in [-0.3, -0.25) is 0 Å². The summed E-state index contributed by atoms with van der Waals surface area (Å²) in [5.41, 5.74) is 2.09. The molecule has 0 atom stereocenters. The summed E-state index contributed by atoms with van der Waals surface area (Å²) in [6, 6.07) is 4.29. The van der Waals surface area contributed by atoms with Crippen molar-refractivity contribution < 1.29 is 9.47 Å². The van der Waals surface area contributed by atoms with Crippen molar-refractivity contribution in [1.29, 1.82) is 0 Å². The number of aromatic nitrogens is 3. The molecule has 0 amide bonds. The summed E-state index contributed by atoms with van der Waals surface area (Å²) in [5, 5.41) is 4.33. The Morgan fingerprint density at radius 3 is 2.71 bits per heavy atom. The summed E-state index contributed by atoms with van der Waals surface area (Å²) in [7, 11) is 0. The van der Waals surface area contributed by atoms with Crippen LogP contribution in [0.4, 0.5) is 5.69 Å². The Kier molecular flexibility index (Phi) is 5.10. The fourth-order valence-electron chi connectivity index (χ4n) is 4.18. The number of thiazole rings is 1. The quantitative estimate of drug-likeness (QED) is 0.664. The van der Waals surface area contributed by atoms with Gasteiger partial charge in [-0.05, 0) is 31.7 Å². The second kappa shape index (κ2) is 8.01. The minimum absolute atomic E-state index is 0.236. The van der Waals surface area contributed by atoms with Gasteiger partial charge in [0.25, 0.3) is 0 Å². The number of anilines is 1. The molecular weight excluding hydrogens is 372 g/mol. The van der Waals surface area contributed by atoms with Gasteiger partial charge in [-0.1, -0.05) is 0 Å². The highest BCUT2D eigenvalue weighted by atomic mass is 32.1. The molecule has 0 bridgehead atoms. The average molecular weight is 397 g/mol. The highest BCUT2D eigenvalue weighted by molar-refractivity contribution is 7.09. The SMILES string of the molecule is c1ncc2c(O[C@H]3CC[C@H](c4nccs4)CC3)cc(N3CCOCC3)cc2n1. The molecule has 0 spiro atoms. The molecule has 1 aliphatic carbocycles. The molecule has 3 heterocycles. The predicted molar refractivity (Wildman–Crippen MR) is 110 cm³/mol. The highest BCUT2D eigenvalue weighted by Gasteiger charge is 2.26. The molecule has 7 heteroatoms. The van der Waals surface area contributed by atoms with E-state index in [4.69, 9.17) is 9.47 Å². The Bertz CT molecular complexity index is 919. The van der Waals surface area contributed by atoms with Gasteiger partial charge in [-0.25, -0.2) is 15.0 Å². The number of rotatable bonds is 4. The third-order valence-electron chi connectivity index (χ3n) is 5.72. The van der Waals surface area contributed by atoms with Crippen LogP contribution in [0.25, 0.3) is 10.9 Å². The third kappa shape index (κ3) is 3.69. The van der Waals surface area contributed by atoms with Crippen LogP contribution >= 0.6 is 11.3 Å². The standard InChI is InChI=1S/C21H24N4O2S/c1-3-17(4-2-15(1)21-23-5-10-28-21)27-20-12-16(25-6-8-26-9-7-25)11-19-18(20)13-22-14-24-19/h5,10-15,17H,1-4,6-9H2/t15-,17-. The summed E-state index contributed by atoms with van der Waals surface area (Å²) in [6.07, 6.45) is 10.00. The van der Waals surface area contributed by atoms with Crippen LogP contribution in [0.3, 0.4) is 0 Å². The Balaban J connectivity index is 1.36. The van der Waals surface area contributed by atoms with E-state index >= 15 is 0 Å². The average Bonchev–Trinajstić information content (AvgIpc) is 3.30. The van der Waals surface area contributed by atoms with Crippen molar-refractivity contribution in [3.05, 3.63) is 41.2 Å². The molecule has 0 unspecified atom stereocenters. The van der Waals surface area contributed by atoms with E-state index in [-0.39, 0.29) is 6.10 Å². The van der Waals surface area contributed by atoms with Gasteiger partial charge in [0, 0.05) is 48.5 Å². The second-order valence-electron chi connectivity index (χ2n) is 7.46. The van der Waals surface area contributed by atoms with Gasteiger partial charge < -0.3 is 14.4 Å². The van der Waals surface area contributed by atoms with Crippen LogP contribution in [-0.2, 0) is 4.74 Å². The fourth-order valence-corrected chi connectivity index (χ4v) is 4.99. The molecule has 1 saturated carbocycles. The molecule has 6 nitrogen and oxygen atoms in total. The fraction of sp³-hybridized carbons (Fsp3) is 0.476. The van der Waals surface area contributed by atoms with Crippen LogP contribution in [0.5, 0.6) is 5.75 Å². The molecule has 2 aromatic heterocycles. The van der Waals surface area contributed by atoms with Crippen molar-refractivity contribution in [3.8, 4) is 5.75 Å². The molecule has 1 aromatic carbocycles. The van der Waals surface area contributed by atoms with Crippen molar-refractivity contribution in [2.45, 2.75) is 37.7 Å². The Hall–Kier alpha value is -2.25. The zero-order valence-electron chi connectivity index (χ0n) is 15.8. The van der Waals surface area contributed by atoms with E-state index in [0.29, 0.717) is 5.92 Å². The van der Waals surface area contributed by atoms with Crippen molar-refractivity contribution in [3.63, 3.8) is 0 Å². The normalized spacial score (nSPS) is 23.1. The smallest absolute Gasteiger partial charge is 0.132 e. The number of hydrogen-bond acceptors (Lipinski definition) is 7. The number of benzene rings is 1. The van der Waals surface area contributed by atoms with E-state index in [0.717, 1.165) is 74.3 Å². The van der Waals surface area contributed by atoms with Crippen LogP contribution < -0.4 is 9.64 Å². The first-order chi connectivity index (χ1) is 13.9. The van der Waals surface area contributed by atoms with Gasteiger partial charge in [-0.2, -0.15) is 0 Å². The van der Waals surface area contributed by atoms with E-state index in [1.807, 2.05) is 12.4 Å². The Labute approximate surface area is 168 Å². The summed E-state index contributed by atoms with van der Waals surface area (Å²) >= 11 is 1.77. The van der Waals surface area contributed by atoms with Gasteiger partial charge in [-0.15, -0.1) is 11.3 Å². The number of nitrogens with zero attached hydrogens (tertiary/aromatic N) is 4. The summed E-state index contributed by atoms with van der Waals surface area (Å²) in [5.74, 6) is 1.48. The van der Waals surface area contributed by atoms with Crippen molar-refractivity contribution in [2.24, 2.45) is 0 Å².